The fraction of sp³-hybridized carbons (Fsp3) is 0.316. The Bertz CT molecular complexity index is 847. The number of benzene rings is 1. The molecule has 25 heavy (non-hydrogen) atoms. The van der Waals surface area contributed by atoms with Gasteiger partial charge in [0, 0.05) is 37.2 Å². The maximum absolute atomic E-state index is 13.1. The molecule has 3 heterocycles. The standard InChI is InChI=1S/C19H20N4OS/c1-4-12-5-7-13(8-6-12)23-11-21-16-15-14(22(2)3)9-10-20-18(15)25-17(16)19(23)24/h5-11,16-17H,4H2,1-3H3. The average molecular weight is 352 g/mol. The third kappa shape index (κ3) is 2.61. The van der Waals surface area contributed by atoms with Crippen molar-refractivity contribution in [1.82, 2.24) is 4.98 Å². The van der Waals surface area contributed by atoms with E-state index in [0.29, 0.717) is 0 Å². The second kappa shape index (κ2) is 6.19. The molecule has 2 atom stereocenters. The molecule has 2 aliphatic heterocycles. The summed E-state index contributed by atoms with van der Waals surface area (Å²) < 4.78 is 0. The molecule has 0 bridgehead atoms. The Morgan fingerprint density at radius 1 is 1.20 bits per heavy atom. The molecule has 5 nitrogen and oxygen atoms in total. The monoisotopic (exact) mass is 352 g/mol. The highest BCUT2D eigenvalue weighted by Crippen LogP contribution is 2.50. The molecule has 1 amide bonds. The second-order valence-corrected chi connectivity index (χ2v) is 7.55. The molecule has 0 aliphatic carbocycles. The summed E-state index contributed by atoms with van der Waals surface area (Å²) in [6.07, 6.45) is 4.46. The van der Waals surface area contributed by atoms with Crippen LogP contribution in [0, 0.1) is 0 Å². The Balaban J connectivity index is 1.69. The zero-order valence-electron chi connectivity index (χ0n) is 14.5. The summed E-state index contributed by atoms with van der Waals surface area (Å²) in [5.74, 6) is 0.0666. The SMILES string of the molecule is CCc1ccc(N2C=NC3c4c(N(C)C)ccnc4SC3C2=O)cc1. The van der Waals surface area contributed by atoms with Gasteiger partial charge in [0.1, 0.15) is 16.3 Å². The van der Waals surface area contributed by atoms with E-state index in [9.17, 15) is 4.79 Å². The van der Waals surface area contributed by atoms with E-state index in [1.54, 1.807) is 17.4 Å². The van der Waals surface area contributed by atoms with Crippen molar-refractivity contribution in [2.24, 2.45) is 4.99 Å². The first-order chi connectivity index (χ1) is 12.1. The van der Waals surface area contributed by atoms with Gasteiger partial charge in [-0.05, 0) is 30.2 Å². The number of hydrogen-bond acceptors (Lipinski definition) is 5. The lowest BCUT2D eigenvalue weighted by molar-refractivity contribution is -0.117. The lowest BCUT2D eigenvalue weighted by Crippen LogP contribution is -2.42. The molecule has 0 N–H and O–H groups in total. The van der Waals surface area contributed by atoms with Crippen LogP contribution in [0.25, 0.3) is 0 Å². The van der Waals surface area contributed by atoms with Crippen molar-refractivity contribution in [2.45, 2.75) is 29.7 Å². The van der Waals surface area contributed by atoms with Crippen LogP contribution < -0.4 is 9.80 Å². The highest BCUT2D eigenvalue weighted by Gasteiger charge is 2.45. The number of nitrogens with zero attached hydrogens (tertiary/aromatic N) is 4. The quantitative estimate of drug-likeness (QED) is 0.850. The summed E-state index contributed by atoms with van der Waals surface area (Å²) in [7, 11) is 4.01. The molecule has 2 aromatic rings. The number of hydrogen-bond donors (Lipinski definition) is 0. The Kier molecular flexibility index (Phi) is 4.00. The maximum Gasteiger partial charge on any atom is 0.248 e. The Morgan fingerprint density at radius 3 is 2.64 bits per heavy atom. The van der Waals surface area contributed by atoms with E-state index in [1.165, 1.54) is 17.3 Å². The van der Waals surface area contributed by atoms with Gasteiger partial charge in [-0.1, -0.05) is 30.8 Å². The minimum Gasteiger partial charge on any atom is -0.377 e. The van der Waals surface area contributed by atoms with E-state index in [4.69, 9.17) is 4.99 Å². The van der Waals surface area contributed by atoms with Gasteiger partial charge in [-0.3, -0.25) is 14.7 Å². The van der Waals surface area contributed by atoms with Gasteiger partial charge < -0.3 is 4.90 Å². The van der Waals surface area contributed by atoms with Crippen molar-refractivity contribution in [3.05, 3.63) is 47.7 Å². The molecule has 1 aromatic heterocycles. The van der Waals surface area contributed by atoms with Crippen molar-refractivity contribution < 1.29 is 4.79 Å². The average Bonchev–Trinajstić information content (AvgIpc) is 3.02. The summed E-state index contributed by atoms with van der Waals surface area (Å²) in [6, 6.07) is 9.91. The van der Waals surface area contributed by atoms with Crippen molar-refractivity contribution >= 4 is 35.4 Å². The predicted molar refractivity (Wildman–Crippen MR) is 103 cm³/mol. The van der Waals surface area contributed by atoms with Crippen LogP contribution in [0.3, 0.4) is 0 Å². The zero-order valence-corrected chi connectivity index (χ0v) is 15.3. The molecular formula is C19H20N4OS. The van der Waals surface area contributed by atoms with Crippen molar-refractivity contribution in [3.63, 3.8) is 0 Å². The van der Waals surface area contributed by atoms with Crippen LogP contribution in [0.15, 0.2) is 46.5 Å². The number of anilines is 2. The van der Waals surface area contributed by atoms with Crippen LogP contribution in [-0.4, -0.2) is 36.6 Å². The lowest BCUT2D eigenvalue weighted by Gasteiger charge is -2.29. The molecule has 2 aliphatic rings. The van der Waals surface area contributed by atoms with E-state index in [-0.39, 0.29) is 17.2 Å². The molecule has 2 unspecified atom stereocenters. The number of aliphatic imine (C=N–C) groups is 1. The summed E-state index contributed by atoms with van der Waals surface area (Å²) in [5.41, 5.74) is 4.26. The molecule has 0 spiro atoms. The minimum absolute atomic E-state index is 0.0666. The number of aromatic nitrogens is 1. The van der Waals surface area contributed by atoms with Gasteiger partial charge in [0.05, 0.1) is 6.34 Å². The van der Waals surface area contributed by atoms with Crippen LogP contribution in [-0.2, 0) is 11.2 Å². The van der Waals surface area contributed by atoms with Crippen LogP contribution in [0.1, 0.15) is 24.1 Å². The Labute approximate surface area is 151 Å². The third-order valence-corrected chi connectivity index (χ3v) is 5.94. The molecule has 128 valence electrons. The first-order valence-corrected chi connectivity index (χ1v) is 9.26. The molecule has 0 saturated heterocycles. The van der Waals surface area contributed by atoms with Crippen molar-refractivity contribution in [1.29, 1.82) is 0 Å². The summed E-state index contributed by atoms with van der Waals surface area (Å²) >= 11 is 1.52. The first kappa shape index (κ1) is 16.1. The maximum atomic E-state index is 13.1. The number of aryl methyl sites for hydroxylation is 1. The minimum atomic E-state index is -0.251. The smallest absolute Gasteiger partial charge is 0.248 e. The van der Waals surface area contributed by atoms with Crippen molar-refractivity contribution in [3.8, 4) is 0 Å². The number of fused-ring (bicyclic) bond motifs is 3. The topological polar surface area (TPSA) is 48.8 Å². The van der Waals surface area contributed by atoms with E-state index < -0.39 is 0 Å². The van der Waals surface area contributed by atoms with Crippen LogP contribution in [0.5, 0.6) is 0 Å². The fourth-order valence-corrected chi connectivity index (χ4v) is 4.56. The number of carbonyl (C=O) groups is 1. The van der Waals surface area contributed by atoms with Gasteiger partial charge in [-0.25, -0.2) is 4.98 Å². The Morgan fingerprint density at radius 2 is 1.96 bits per heavy atom. The summed E-state index contributed by atoms with van der Waals surface area (Å²) in [5, 5.41) is 0.661. The van der Waals surface area contributed by atoms with Gasteiger partial charge in [0.25, 0.3) is 0 Å². The lowest BCUT2D eigenvalue weighted by atomic mass is 10.0. The van der Waals surface area contributed by atoms with Gasteiger partial charge >= 0.3 is 0 Å². The summed E-state index contributed by atoms with van der Waals surface area (Å²) in [6.45, 7) is 2.12. The van der Waals surface area contributed by atoms with Crippen LogP contribution >= 0.6 is 11.8 Å². The predicted octanol–water partition coefficient (Wildman–Crippen LogP) is 3.30. The van der Waals surface area contributed by atoms with Gasteiger partial charge in [-0.15, -0.1) is 0 Å². The van der Waals surface area contributed by atoms with Gasteiger partial charge in [0.2, 0.25) is 5.91 Å². The third-order valence-electron chi connectivity index (χ3n) is 4.68. The summed E-state index contributed by atoms with van der Waals surface area (Å²) in [4.78, 5) is 26.0. The highest BCUT2D eigenvalue weighted by atomic mass is 32.2. The number of carbonyl (C=O) groups excluding carboxylic acids is 1. The van der Waals surface area contributed by atoms with Gasteiger partial charge in [-0.2, -0.15) is 0 Å². The zero-order chi connectivity index (χ0) is 17.6. The van der Waals surface area contributed by atoms with Crippen LogP contribution in [0.4, 0.5) is 11.4 Å². The number of pyridine rings is 1. The molecule has 0 fully saturated rings. The highest BCUT2D eigenvalue weighted by molar-refractivity contribution is 8.01. The number of rotatable bonds is 3. The second-order valence-electron chi connectivity index (χ2n) is 6.42. The van der Waals surface area contributed by atoms with Crippen LogP contribution in [0.2, 0.25) is 0 Å². The fourth-order valence-electron chi connectivity index (χ4n) is 3.30. The normalized spacial score (nSPS) is 21.2. The van der Waals surface area contributed by atoms with E-state index in [2.05, 4.69) is 28.9 Å². The largest absolute Gasteiger partial charge is 0.377 e. The number of thioether (sulfide) groups is 1. The van der Waals surface area contributed by atoms with E-state index in [1.807, 2.05) is 32.3 Å². The van der Waals surface area contributed by atoms with Gasteiger partial charge in [0.15, 0.2) is 0 Å². The molecule has 0 radical (unpaired) electrons. The van der Waals surface area contributed by atoms with Crippen molar-refractivity contribution in [2.75, 3.05) is 23.9 Å². The first-order valence-electron chi connectivity index (χ1n) is 8.38. The van der Waals surface area contributed by atoms with E-state index >= 15 is 0 Å². The molecule has 6 heteroatoms. The molecule has 4 rings (SSSR count). The van der Waals surface area contributed by atoms with E-state index in [0.717, 1.165) is 28.4 Å². The molecule has 0 saturated carbocycles. The number of amides is 1. The Hall–Kier alpha value is -2.34. The molecule has 1 aromatic carbocycles. The molecular weight excluding hydrogens is 332 g/mol.